The van der Waals surface area contributed by atoms with Gasteiger partial charge in [-0.1, -0.05) is 19.9 Å². The van der Waals surface area contributed by atoms with Gasteiger partial charge < -0.3 is 5.32 Å². The van der Waals surface area contributed by atoms with Gasteiger partial charge in [-0.2, -0.15) is 11.8 Å². The third-order valence-electron chi connectivity index (χ3n) is 2.94. The first-order chi connectivity index (χ1) is 8.06. The third kappa shape index (κ3) is 4.68. The van der Waals surface area contributed by atoms with Gasteiger partial charge in [-0.25, -0.2) is 4.39 Å². The molecule has 17 heavy (non-hydrogen) atoms. The van der Waals surface area contributed by atoms with Crippen molar-refractivity contribution in [2.45, 2.75) is 38.5 Å². The Morgan fingerprint density at radius 2 is 2.06 bits per heavy atom. The fraction of sp³-hybridized carbons (Fsp3) is 0.571. The Hall–Kier alpha value is -0.540. The summed E-state index contributed by atoms with van der Waals surface area (Å²) in [4.78, 5) is 0. The first-order valence-electron chi connectivity index (χ1n) is 6.12. The predicted molar refractivity (Wildman–Crippen MR) is 75.1 cm³/mol. The molecule has 1 aromatic carbocycles. The van der Waals surface area contributed by atoms with Gasteiger partial charge in [-0.15, -0.1) is 0 Å². The quantitative estimate of drug-likeness (QED) is 0.826. The number of hydrogen-bond donors (Lipinski definition) is 1. The van der Waals surface area contributed by atoms with Crippen molar-refractivity contribution in [1.82, 2.24) is 5.32 Å². The van der Waals surface area contributed by atoms with E-state index in [-0.39, 0.29) is 11.9 Å². The van der Waals surface area contributed by atoms with Gasteiger partial charge in [0.2, 0.25) is 0 Å². The fourth-order valence-electron chi connectivity index (χ4n) is 1.69. The highest BCUT2D eigenvalue weighted by Gasteiger charge is 2.12. The summed E-state index contributed by atoms with van der Waals surface area (Å²) in [5, 5.41) is 3.92. The molecule has 1 rings (SSSR count). The van der Waals surface area contributed by atoms with Crippen LogP contribution in [0.4, 0.5) is 4.39 Å². The van der Waals surface area contributed by atoms with Crippen molar-refractivity contribution in [1.29, 1.82) is 0 Å². The molecule has 0 aromatic heterocycles. The molecule has 0 saturated heterocycles. The molecule has 0 aliphatic rings. The molecule has 0 fully saturated rings. The number of halogens is 1. The van der Waals surface area contributed by atoms with E-state index < -0.39 is 0 Å². The topological polar surface area (TPSA) is 12.0 Å². The summed E-state index contributed by atoms with van der Waals surface area (Å²) in [5.74, 6) is 0.836. The van der Waals surface area contributed by atoms with E-state index in [4.69, 9.17) is 0 Å². The second-order valence-corrected chi connectivity index (χ2v) is 5.93. The van der Waals surface area contributed by atoms with E-state index in [1.807, 2.05) is 25.7 Å². The zero-order valence-corrected chi connectivity index (χ0v) is 11.9. The zero-order chi connectivity index (χ0) is 12.8. The highest BCUT2D eigenvalue weighted by atomic mass is 32.2. The molecule has 3 heteroatoms. The number of hydrogen-bond acceptors (Lipinski definition) is 2. The molecular weight excluding hydrogens is 233 g/mol. The van der Waals surface area contributed by atoms with Crippen molar-refractivity contribution in [3.05, 3.63) is 35.1 Å². The summed E-state index contributed by atoms with van der Waals surface area (Å²) in [6, 6.07) is 5.48. The summed E-state index contributed by atoms with van der Waals surface area (Å²) in [5.41, 5.74) is 2.02. The Morgan fingerprint density at radius 3 is 2.59 bits per heavy atom. The van der Waals surface area contributed by atoms with Crippen LogP contribution in [0, 0.1) is 12.7 Å². The highest BCUT2D eigenvalue weighted by molar-refractivity contribution is 7.99. The van der Waals surface area contributed by atoms with Crippen LogP contribution in [0.1, 0.15) is 37.4 Å². The number of rotatable bonds is 6. The lowest BCUT2D eigenvalue weighted by Gasteiger charge is -2.19. The average molecular weight is 255 g/mol. The molecule has 0 spiro atoms. The van der Waals surface area contributed by atoms with Crippen LogP contribution in [0.25, 0.3) is 0 Å². The monoisotopic (exact) mass is 255 g/mol. The minimum absolute atomic E-state index is 0.145. The Bertz CT molecular complexity index is 334. The molecule has 2 atom stereocenters. The van der Waals surface area contributed by atoms with E-state index in [0.29, 0.717) is 5.25 Å². The Balaban J connectivity index is 2.72. The van der Waals surface area contributed by atoms with Gasteiger partial charge in [0.1, 0.15) is 5.82 Å². The summed E-state index contributed by atoms with van der Waals surface area (Å²) in [6.45, 7) is 6.35. The molecule has 1 aromatic rings. The van der Waals surface area contributed by atoms with Gasteiger partial charge in [-0.05, 0) is 43.7 Å². The molecule has 96 valence electrons. The molecule has 2 unspecified atom stereocenters. The maximum atomic E-state index is 13.4. The average Bonchev–Trinajstić information content (AvgIpc) is 2.28. The Labute approximate surface area is 108 Å². The lowest BCUT2D eigenvalue weighted by Crippen LogP contribution is -2.20. The van der Waals surface area contributed by atoms with Gasteiger partial charge in [0.05, 0.1) is 0 Å². The molecule has 0 bridgehead atoms. The van der Waals surface area contributed by atoms with Crippen molar-refractivity contribution in [3.8, 4) is 0 Å². The van der Waals surface area contributed by atoms with Crippen LogP contribution in [0.5, 0.6) is 0 Å². The second-order valence-electron chi connectivity index (χ2n) is 4.46. The van der Waals surface area contributed by atoms with Crippen molar-refractivity contribution in [3.63, 3.8) is 0 Å². The summed E-state index contributed by atoms with van der Waals surface area (Å²) < 4.78 is 13.4. The SMILES string of the molecule is CCC(C)SCC(NC)c1cc(C)cc(F)c1. The van der Waals surface area contributed by atoms with Crippen LogP contribution in [0.3, 0.4) is 0 Å². The molecule has 0 heterocycles. The lowest BCUT2D eigenvalue weighted by molar-refractivity contribution is 0.609. The van der Waals surface area contributed by atoms with Crippen molar-refractivity contribution < 1.29 is 4.39 Å². The minimum Gasteiger partial charge on any atom is -0.312 e. The number of aryl methyl sites for hydroxylation is 1. The van der Waals surface area contributed by atoms with Crippen molar-refractivity contribution in [2.24, 2.45) is 0 Å². The largest absolute Gasteiger partial charge is 0.312 e. The van der Waals surface area contributed by atoms with E-state index in [1.165, 1.54) is 6.42 Å². The molecular formula is C14H22FNS. The first-order valence-corrected chi connectivity index (χ1v) is 7.17. The maximum Gasteiger partial charge on any atom is 0.123 e. The lowest BCUT2D eigenvalue weighted by atomic mass is 10.1. The summed E-state index contributed by atoms with van der Waals surface area (Å²) >= 11 is 1.93. The van der Waals surface area contributed by atoms with Gasteiger partial charge in [-0.3, -0.25) is 0 Å². The maximum absolute atomic E-state index is 13.4. The normalized spacial score (nSPS) is 14.6. The third-order valence-corrected chi connectivity index (χ3v) is 4.37. The van der Waals surface area contributed by atoms with Gasteiger partial charge >= 0.3 is 0 Å². The molecule has 1 nitrogen and oxygen atoms in total. The van der Waals surface area contributed by atoms with E-state index in [1.54, 1.807) is 12.1 Å². The van der Waals surface area contributed by atoms with Crippen LogP contribution < -0.4 is 5.32 Å². The molecule has 0 amide bonds. The van der Waals surface area contributed by atoms with Crippen molar-refractivity contribution in [2.75, 3.05) is 12.8 Å². The smallest absolute Gasteiger partial charge is 0.123 e. The highest BCUT2D eigenvalue weighted by Crippen LogP contribution is 2.23. The standard InChI is InChI=1S/C14H22FNS/c1-5-11(3)17-9-14(16-4)12-6-10(2)7-13(15)8-12/h6-8,11,14,16H,5,9H2,1-4H3. The number of benzene rings is 1. The zero-order valence-electron chi connectivity index (χ0n) is 11.1. The van der Waals surface area contributed by atoms with Crippen LogP contribution in [-0.4, -0.2) is 18.1 Å². The van der Waals surface area contributed by atoms with Gasteiger partial charge in [0.25, 0.3) is 0 Å². The van der Waals surface area contributed by atoms with Crippen LogP contribution in [0.2, 0.25) is 0 Å². The van der Waals surface area contributed by atoms with Crippen LogP contribution in [0.15, 0.2) is 18.2 Å². The van der Waals surface area contributed by atoms with Gasteiger partial charge in [0.15, 0.2) is 0 Å². The molecule has 0 aliphatic heterocycles. The van der Waals surface area contributed by atoms with E-state index in [9.17, 15) is 4.39 Å². The van der Waals surface area contributed by atoms with E-state index in [0.717, 1.165) is 16.9 Å². The summed E-state index contributed by atoms with van der Waals surface area (Å²) in [7, 11) is 1.93. The van der Waals surface area contributed by atoms with E-state index in [2.05, 4.69) is 25.2 Å². The Kier molecular flexibility index (Phi) is 6.00. The number of nitrogens with one attached hydrogen (secondary N) is 1. The molecule has 0 aliphatic carbocycles. The second kappa shape index (κ2) is 7.02. The van der Waals surface area contributed by atoms with Crippen LogP contribution in [-0.2, 0) is 0 Å². The molecule has 0 radical (unpaired) electrons. The van der Waals surface area contributed by atoms with Crippen LogP contribution >= 0.6 is 11.8 Å². The molecule has 0 saturated carbocycles. The minimum atomic E-state index is -0.145. The predicted octanol–water partition coefficient (Wildman–Crippen LogP) is 3.93. The molecule has 1 N–H and O–H groups in total. The van der Waals surface area contributed by atoms with E-state index >= 15 is 0 Å². The summed E-state index contributed by atoms with van der Waals surface area (Å²) in [6.07, 6.45) is 1.17. The Morgan fingerprint density at radius 1 is 1.35 bits per heavy atom. The van der Waals surface area contributed by atoms with Gasteiger partial charge in [0, 0.05) is 17.0 Å². The fourth-order valence-corrected chi connectivity index (χ4v) is 2.81. The van der Waals surface area contributed by atoms with Crippen molar-refractivity contribution >= 4 is 11.8 Å². The first kappa shape index (κ1) is 14.5. The number of thioether (sulfide) groups is 1.